The van der Waals surface area contributed by atoms with Crippen LogP contribution in [0, 0.1) is 0 Å². The lowest BCUT2D eigenvalue weighted by Crippen LogP contribution is -2.32. The van der Waals surface area contributed by atoms with E-state index < -0.39 is 6.10 Å². The second-order valence-corrected chi connectivity index (χ2v) is 8.19. The maximum absolute atomic E-state index is 10.2. The van der Waals surface area contributed by atoms with Gasteiger partial charge in [0.2, 0.25) is 0 Å². The van der Waals surface area contributed by atoms with Gasteiger partial charge in [-0.1, -0.05) is 11.2 Å². The summed E-state index contributed by atoms with van der Waals surface area (Å²) in [5, 5.41) is 19.6. The lowest BCUT2D eigenvalue weighted by Gasteiger charge is -2.14. The van der Waals surface area contributed by atoms with Crippen LogP contribution in [0.4, 0.5) is 0 Å². The molecule has 0 spiro atoms. The van der Waals surface area contributed by atoms with Crippen molar-refractivity contribution >= 4 is 21.6 Å². The number of hydrogen-bond acceptors (Lipinski definition) is 8. The summed E-state index contributed by atoms with van der Waals surface area (Å²) in [6.07, 6.45) is 0.205. The fourth-order valence-electron chi connectivity index (χ4n) is 3.36. The monoisotopic (exact) mass is 454 g/mol. The molecule has 168 valence electrons. The molecule has 0 aliphatic heterocycles. The van der Waals surface area contributed by atoms with E-state index in [2.05, 4.69) is 10.5 Å². The van der Waals surface area contributed by atoms with E-state index in [4.69, 9.17) is 18.7 Å². The lowest BCUT2D eigenvalue weighted by molar-refractivity contribution is 0.106. The second-order valence-electron chi connectivity index (χ2n) is 7.28. The number of benzene rings is 2. The van der Waals surface area contributed by atoms with Gasteiger partial charge in [0.05, 0.1) is 14.2 Å². The fraction of sp³-hybridized carbons (Fsp3) is 0.292. The molecular weight excluding hydrogens is 428 g/mol. The molecule has 0 bridgehead atoms. The van der Waals surface area contributed by atoms with Crippen LogP contribution in [0.25, 0.3) is 21.5 Å². The highest BCUT2D eigenvalue weighted by Gasteiger charge is 2.12. The molecule has 7 nitrogen and oxygen atoms in total. The molecule has 1 unspecified atom stereocenters. The number of nitrogens with one attached hydrogen (secondary N) is 1. The summed E-state index contributed by atoms with van der Waals surface area (Å²) in [6, 6.07) is 15.4. The number of nitrogens with zero attached hydrogens (tertiary/aromatic N) is 1. The minimum atomic E-state index is -0.610. The van der Waals surface area contributed by atoms with Crippen molar-refractivity contribution in [2.45, 2.75) is 12.5 Å². The molecule has 2 heterocycles. The third-order valence-corrected chi connectivity index (χ3v) is 5.97. The van der Waals surface area contributed by atoms with Crippen molar-refractivity contribution in [3.8, 4) is 28.5 Å². The van der Waals surface area contributed by atoms with E-state index in [9.17, 15) is 5.11 Å². The Labute approximate surface area is 190 Å². The summed E-state index contributed by atoms with van der Waals surface area (Å²) in [5.74, 6) is 2.13. The average Bonchev–Trinajstić information content (AvgIpc) is 3.45. The highest BCUT2D eigenvalue weighted by molar-refractivity contribution is 7.17. The van der Waals surface area contributed by atoms with Crippen LogP contribution in [0.2, 0.25) is 0 Å². The summed E-state index contributed by atoms with van der Waals surface area (Å²) in [7, 11) is 3.25. The molecule has 0 saturated carbocycles. The van der Waals surface area contributed by atoms with Gasteiger partial charge < -0.3 is 29.2 Å². The standard InChI is InChI=1S/C24H26N2O5S/c1-28-20-8-3-16(13-22(20)29-2)9-11-25-14-18(27)15-30-19-6-4-17(5-7-19)23-24-21(31-26-23)10-12-32-24/h3-8,10,12-13,18,25,27H,9,11,14-15H2,1-2H3. The number of hydrogen-bond donors (Lipinski definition) is 2. The summed E-state index contributed by atoms with van der Waals surface area (Å²) < 4.78 is 22.7. The van der Waals surface area contributed by atoms with Crippen LogP contribution in [0.15, 0.2) is 58.4 Å². The normalized spacial score (nSPS) is 12.1. The van der Waals surface area contributed by atoms with E-state index in [1.165, 1.54) is 0 Å². The number of aliphatic hydroxyl groups is 1. The van der Waals surface area contributed by atoms with Gasteiger partial charge in [0.25, 0.3) is 0 Å². The van der Waals surface area contributed by atoms with Crippen molar-refractivity contribution in [1.29, 1.82) is 0 Å². The van der Waals surface area contributed by atoms with Crippen molar-refractivity contribution in [3.05, 3.63) is 59.5 Å². The minimum absolute atomic E-state index is 0.210. The Hall–Kier alpha value is -3.07. The van der Waals surface area contributed by atoms with Crippen molar-refractivity contribution in [3.63, 3.8) is 0 Å². The van der Waals surface area contributed by atoms with Crippen LogP contribution in [0.5, 0.6) is 17.2 Å². The molecule has 8 heteroatoms. The largest absolute Gasteiger partial charge is 0.493 e. The summed E-state index contributed by atoms with van der Waals surface area (Å²) in [4.78, 5) is 0. The smallest absolute Gasteiger partial charge is 0.178 e. The zero-order valence-electron chi connectivity index (χ0n) is 18.0. The summed E-state index contributed by atoms with van der Waals surface area (Å²) in [6.45, 7) is 1.39. The van der Waals surface area contributed by atoms with Gasteiger partial charge in [0.1, 0.15) is 28.9 Å². The van der Waals surface area contributed by atoms with Gasteiger partial charge in [-0.15, -0.1) is 11.3 Å². The Balaban J connectivity index is 1.20. The van der Waals surface area contributed by atoms with E-state index in [-0.39, 0.29) is 6.61 Å². The maximum Gasteiger partial charge on any atom is 0.178 e. The van der Waals surface area contributed by atoms with Crippen molar-refractivity contribution < 1.29 is 23.8 Å². The van der Waals surface area contributed by atoms with Crippen LogP contribution >= 0.6 is 11.3 Å². The zero-order chi connectivity index (χ0) is 22.3. The average molecular weight is 455 g/mol. The molecule has 32 heavy (non-hydrogen) atoms. The Morgan fingerprint density at radius 1 is 1.06 bits per heavy atom. The van der Waals surface area contributed by atoms with Gasteiger partial charge in [-0.05, 0) is 66.4 Å². The highest BCUT2D eigenvalue weighted by Crippen LogP contribution is 2.32. The summed E-state index contributed by atoms with van der Waals surface area (Å²) >= 11 is 1.61. The first kappa shape index (κ1) is 22.1. The number of rotatable bonds is 11. The first-order chi connectivity index (χ1) is 15.7. The molecule has 2 aromatic carbocycles. The lowest BCUT2D eigenvalue weighted by atomic mass is 10.1. The van der Waals surface area contributed by atoms with Gasteiger partial charge in [0, 0.05) is 12.1 Å². The molecule has 0 fully saturated rings. The van der Waals surface area contributed by atoms with E-state index >= 15 is 0 Å². The number of methoxy groups -OCH3 is 2. The Morgan fingerprint density at radius 3 is 2.66 bits per heavy atom. The number of aliphatic hydroxyl groups excluding tert-OH is 1. The molecule has 2 aromatic heterocycles. The maximum atomic E-state index is 10.2. The minimum Gasteiger partial charge on any atom is -0.493 e. The molecule has 0 aliphatic carbocycles. The van der Waals surface area contributed by atoms with Gasteiger partial charge in [0.15, 0.2) is 17.1 Å². The number of ether oxygens (including phenoxy) is 3. The molecule has 0 saturated heterocycles. The second kappa shape index (κ2) is 10.5. The molecule has 0 amide bonds. The molecule has 1 atom stereocenters. The molecule has 2 N–H and O–H groups in total. The molecule has 0 aliphatic rings. The number of aromatic nitrogens is 1. The van der Waals surface area contributed by atoms with Gasteiger partial charge in [-0.25, -0.2) is 0 Å². The quantitative estimate of drug-likeness (QED) is 0.329. The first-order valence-electron chi connectivity index (χ1n) is 10.3. The van der Waals surface area contributed by atoms with Crippen LogP contribution in [-0.4, -0.2) is 50.3 Å². The highest BCUT2D eigenvalue weighted by atomic mass is 32.1. The Morgan fingerprint density at radius 2 is 1.88 bits per heavy atom. The van der Waals surface area contributed by atoms with Gasteiger partial charge in [-0.2, -0.15) is 0 Å². The van der Waals surface area contributed by atoms with Crippen molar-refractivity contribution in [2.75, 3.05) is 33.9 Å². The van der Waals surface area contributed by atoms with Crippen molar-refractivity contribution in [2.24, 2.45) is 0 Å². The van der Waals surface area contributed by atoms with E-state index in [1.54, 1.807) is 25.6 Å². The van der Waals surface area contributed by atoms with E-state index in [1.807, 2.05) is 53.9 Å². The zero-order valence-corrected chi connectivity index (χ0v) is 18.9. The Bertz CT molecular complexity index is 1140. The molecule has 4 rings (SSSR count). The van der Waals surface area contributed by atoms with E-state index in [0.29, 0.717) is 23.8 Å². The number of thiophene rings is 1. The third-order valence-electron chi connectivity index (χ3n) is 5.07. The SMILES string of the molecule is COc1ccc(CCNCC(O)COc2ccc(-c3noc4ccsc34)cc2)cc1OC. The topological polar surface area (TPSA) is 86.0 Å². The van der Waals surface area contributed by atoms with Crippen LogP contribution in [0.3, 0.4) is 0 Å². The van der Waals surface area contributed by atoms with Crippen molar-refractivity contribution in [1.82, 2.24) is 10.5 Å². The van der Waals surface area contributed by atoms with Crippen LogP contribution < -0.4 is 19.5 Å². The summed E-state index contributed by atoms with van der Waals surface area (Å²) in [5.41, 5.74) is 3.73. The van der Waals surface area contributed by atoms with E-state index in [0.717, 1.165) is 40.1 Å². The predicted octanol–water partition coefficient (Wildman–Crippen LogP) is 4.15. The number of fused-ring (bicyclic) bond motifs is 1. The first-order valence-corrected chi connectivity index (χ1v) is 11.2. The molecule has 4 aromatic rings. The Kier molecular flexibility index (Phi) is 7.26. The molecular formula is C24H26N2O5S. The third kappa shape index (κ3) is 5.21. The van der Waals surface area contributed by atoms with Gasteiger partial charge >= 0.3 is 0 Å². The predicted molar refractivity (Wildman–Crippen MR) is 125 cm³/mol. The van der Waals surface area contributed by atoms with Gasteiger partial charge in [-0.3, -0.25) is 0 Å². The van der Waals surface area contributed by atoms with Crippen LogP contribution in [0.1, 0.15) is 5.56 Å². The molecule has 0 radical (unpaired) electrons. The van der Waals surface area contributed by atoms with Crippen LogP contribution in [-0.2, 0) is 6.42 Å². The fourth-order valence-corrected chi connectivity index (χ4v) is 4.18.